The van der Waals surface area contributed by atoms with Gasteiger partial charge in [-0.05, 0) is 65.4 Å². The minimum Gasteiger partial charge on any atom is -0.308 e. The molecule has 2 rings (SSSR count). The summed E-state index contributed by atoms with van der Waals surface area (Å²) < 4.78 is 1.75. The Morgan fingerprint density at radius 1 is 1.42 bits per heavy atom. The van der Waals surface area contributed by atoms with E-state index in [0.717, 1.165) is 35.0 Å². The van der Waals surface area contributed by atoms with E-state index in [0.29, 0.717) is 4.48 Å². The highest BCUT2D eigenvalue weighted by molar-refractivity contribution is 9.12. The van der Waals surface area contributed by atoms with Crippen molar-refractivity contribution in [3.63, 3.8) is 0 Å². The fraction of sp³-hybridized carbons (Fsp3) is 0.267. The van der Waals surface area contributed by atoms with E-state index in [4.69, 9.17) is 17.0 Å². The molecule has 4 heteroatoms. The summed E-state index contributed by atoms with van der Waals surface area (Å²) in [6.07, 6.45) is 6.74. The van der Waals surface area contributed by atoms with Crippen LogP contribution in [0.5, 0.6) is 0 Å². The zero-order valence-electron chi connectivity index (χ0n) is 10.8. The zero-order valence-corrected chi connectivity index (χ0v) is 14.7. The summed E-state index contributed by atoms with van der Waals surface area (Å²) in [5.74, 6) is 0. The van der Waals surface area contributed by atoms with E-state index >= 15 is 0 Å². The molecule has 0 aromatic heterocycles. The van der Waals surface area contributed by atoms with E-state index < -0.39 is 0 Å². The van der Waals surface area contributed by atoms with Crippen molar-refractivity contribution in [1.82, 2.24) is 0 Å². The summed E-state index contributed by atoms with van der Waals surface area (Å²) in [5.41, 5.74) is 4.26. The smallest absolute Gasteiger partial charge is 0.0420 e. The van der Waals surface area contributed by atoms with Gasteiger partial charge in [0.1, 0.15) is 0 Å². The maximum atomic E-state index is 6.39. The molecule has 0 radical (unpaired) electrons. The molecule has 1 aliphatic rings. The first-order valence-electron chi connectivity index (χ1n) is 5.91. The van der Waals surface area contributed by atoms with Gasteiger partial charge in [0.15, 0.2) is 0 Å². The molecule has 1 nitrogen and oxygen atoms in total. The fourth-order valence-electron chi connectivity index (χ4n) is 1.82. The van der Waals surface area contributed by atoms with Crippen LogP contribution in [0.2, 0.25) is 5.02 Å². The highest BCUT2D eigenvalue weighted by atomic mass is 79.9. The van der Waals surface area contributed by atoms with Gasteiger partial charge in [0.2, 0.25) is 0 Å². The third-order valence-electron chi connectivity index (χ3n) is 2.85. The van der Waals surface area contributed by atoms with Crippen LogP contribution in [0, 0.1) is 5.41 Å². The second kappa shape index (κ2) is 8.03. The van der Waals surface area contributed by atoms with Crippen LogP contribution in [0.25, 0.3) is 0 Å². The van der Waals surface area contributed by atoms with Gasteiger partial charge in [-0.25, -0.2) is 0 Å². The molecule has 1 N–H and O–H groups in total. The minimum absolute atomic E-state index is 0.609. The number of aryl methyl sites for hydroxylation is 1. The summed E-state index contributed by atoms with van der Waals surface area (Å²) in [5, 5.41) is 7.21. The first-order valence-corrected chi connectivity index (χ1v) is 7.87. The molecule has 0 fully saturated rings. The molecule has 0 amide bonds. The van der Waals surface area contributed by atoms with Crippen LogP contribution in [0.1, 0.15) is 24.5 Å². The summed E-state index contributed by atoms with van der Waals surface area (Å²) in [7, 11) is 0. The zero-order chi connectivity index (χ0) is 14.4. The number of rotatable bonds is 1. The third-order valence-corrected chi connectivity index (χ3v) is 4.01. The van der Waals surface area contributed by atoms with Crippen molar-refractivity contribution >= 4 is 49.7 Å². The maximum Gasteiger partial charge on any atom is 0.0420 e. The summed E-state index contributed by atoms with van der Waals surface area (Å²) in [4.78, 5) is 0. The topological polar surface area (TPSA) is 23.9 Å². The van der Waals surface area contributed by atoms with Crippen molar-refractivity contribution < 1.29 is 0 Å². The monoisotopic (exact) mass is 403 g/mol. The molecule has 0 heterocycles. The van der Waals surface area contributed by atoms with E-state index in [1.54, 1.807) is 0 Å². The van der Waals surface area contributed by atoms with E-state index in [1.165, 1.54) is 16.7 Å². The lowest BCUT2D eigenvalue weighted by Gasteiger charge is -2.08. The number of allylic oxidation sites excluding steroid dienone is 3. The van der Waals surface area contributed by atoms with Crippen molar-refractivity contribution in [3.8, 4) is 0 Å². The van der Waals surface area contributed by atoms with Gasteiger partial charge in [0, 0.05) is 20.2 Å². The van der Waals surface area contributed by atoms with Gasteiger partial charge in [-0.3, -0.25) is 0 Å². The molecular formula is C15H16Br2ClN. The van der Waals surface area contributed by atoms with Crippen molar-refractivity contribution in [2.24, 2.45) is 0 Å². The normalized spacial score (nSPS) is 13.4. The van der Waals surface area contributed by atoms with Gasteiger partial charge in [-0.15, -0.1) is 0 Å². The van der Waals surface area contributed by atoms with Crippen molar-refractivity contribution in [3.05, 3.63) is 55.5 Å². The SMILES string of the molecule is C=C(Br)C=N.CC1=CCc2c(Br)cc(Cl)cc2CC1. The van der Waals surface area contributed by atoms with Crippen molar-refractivity contribution in [2.75, 3.05) is 0 Å². The number of halogens is 3. The molecule has 0 saturated heterocycles. The Morgan fingerprint density at radius 3 is 2.63 bits per heavy atom. The van der Waals surface area contributed by atoms with Crippen LogP contribution >= 0.6 is 43.5 Å². The molecule has 1 aromatic rings. The lowest BCUT2D eigenvalue weighted by molar-refractivity contribution is 0.946. The highest BCUT2D eigenvalue weighted by Gasteiger charge is 2.10. The number of fused-ring (bicyclic) bond motifs is 1. The number of hydrogen-bond acceptors (Lipinski definition) is 1. The Hall–Kier alpha value is -0.380. The van der Waals surface area contributed by atoms with E-state index in [1.807, 2.05) is 6.07 Å². The van der Waals surface area contributed by atoms with Gasteiger partial charge < -0.3 is 5.41 Å². The quantitative estimate of drug-likeness (QED) is 0.432. The molecule has 0 aliphatic heterocycles. The molecule has 1 aromatic carbocycles. The molecule has 0 atom stereocenters. The summed E-state index contributed by atoms with van der Waals surface area (Å²) in [6, 6.07) is 4.07. The Balaban J connectivity index is 0.000000312. The first-order chi connectivity index (χ1) is 8.93. The number of nitrogens with one attached hydrogen (secondary N) is 1. The van der Waals surface area contributed by atoms with Crippen LogP contribution in [0.3, 0.4) is 0 Å². The number of benzene rings is 1. The standard InChI is InChI=1S/C12H12BrCl.C3H4BrN/c1-8-2-4-9-6-10(14)7-12(13)11(9)5-3-8;1-3(4)2-5/h3,6-7H,2,4-5H2,1H3;2,5H,1H2. The summed E-state index contributed by atoms with van der Waals surface area (Å²) >= 11 is 12.5. The maximum absolute atomic E-state index is 6.39. The fourth-order valence-corrected chi connectivity index (χ4v) is 2.85. The molecular weight excluding hydrogens is 389 g/mol. The minimum atomic E-state index is 0.609. The Kier molecular flexibility index (Phi) is 7.05. The highest BCUT2D eigenvalue weighted by Crippen LogP contribution is 2.30. The molecule has 0 unspecified atom stereocenters. The van der Waals surface area contributed by atoms with Crippen LogP contribution in [0.4, 0.5) is 0 Å². The molecule has 1 aliphatic carbocycles. The largest absolute Gasteiger partial charge is 0.308 e. The molecule has 0 saturated carbocycles. The van der Waals surface area contributed by atoms with Gasteiger partial charge in [-0.2, -0.15) is 0 Å². The van der Waals surface area contributed by atoms with Crippen LogP contribution in [0.15, 0.2) is 39.3 Å². The van der Waals surface area contributed by atoms with Crippen molar-refractivity contribution in [2.45, 2.75) is 26.2 Å². The lowest BCUT2D eigenvalue weighted by Crippen LogP contribution is -1.92. The van der Waals surface area contributed by atoms with E-state index in [2.05, 4.69) is 57.5 Å². The molecule has 102 valence electrons. The molecule has 0 bridgehead atoms. The van der Waals surface area contributed by atoms with E-state index in [9.17, 15) is 0 Å². The first kappa shape index (κ1) is 16.7. The average Bonchev–Trinajstić information content (AvgIpc) is 2.53. The second-order valence-corrected chi connectivity index (χ2v) is 6.68. The van der Waals surface area contributed by atoms with Gasteiger partial charge in [0.25, 0.3) is 0 Å². The van der Waals surface area contributed by atoms with Crippen LogP contribution in [-0.4, -0.2) is 6.21 Å². The van der Waals surface area contributed by atoms with Gasteiger partial charge in [-0.1, -0.05) is 45.8 Å². The third kappa shape index (κ3) is 5.64. The predicted octanol–water partition coefficient (Wildman–Crippen LogP) is 6.08. The van der Waals surface area contributed by atoms with Crippen molar-refractivity contribution in [1.29, 1.82) is 5.41 Å². The average molecular weight is 406 g/mol. The lowest BCUT2D eigenvalue weighted by atomic mass is 10.0. The van der Waals surface area contributed by atoms with E-state index in [-0.39, 0.29) is 0 Å². The van der Waals surface area contributed by atoms with Gasteiger partial charge in [0.05, 0.1) is 0 Å². The Bertz CT molecular complexity index is 521. The molecule has 19 heavy (non-hydrogen) atoms. The van der Waals surface area contributed by atoms with Crippen LogP contribution < -0.4 is 0 Å². The number of hydrogen-bond donors (Lipinski definition) is 1. The van der Waals surface area contributed by atoms with Crippen LogP contribution in [-0.2, 0) is 12.8 Å². The predicted molar refractivity (Wildman–Crippen MR) is 91.8 cm³/mol. The second-order valence-electron chi connectivity index (χ2n) is 4.37. The molecule has 0 spiro atoms. The summed E-state index contributed by atoms with van der Waals surface area (Å²) in [6.45, 7) is 5.54. The Labute approximate surface area is 136 Å². The Morgan fingerprint density at radius 2 is 2.05 bits per heavy atom. The van der Waals surface area contributed by atoms with Gasteiger partial charge >= 0.3 is 0 Å².